The summed E-state index contributed by atoms with van der Waals surface area (Å²) in [6.45, 7) is 0. The minimum absolute atomic E-state index is 1.21. The van der Waals surface area contributed by atoms with Crippen LogP contribution < -0.4 is 0 Å². The van der Waals surface area contributed by atoms with Crippen LogP contribution in [0.15, 0.2) is 72.9 Å². The first-order valence-corrected chi connectivity index (χ1v) is 7.14. The fraction of sp³-hybridized carbons (Fsp3) is 0. The molecular weight excluding hydrogens is 254 g/mol. The summed E-state index contributed by atoms with van der Waals surface area (Å²) in [6, 6.07) is 23.1. The van der Waals surface area contributed by atoms with Gasteiger partial charge in [-0.15, -0.1) is 0 Å². The molecule has 1 aliphatic rings. The molecule has 0 atom stereocenters. The number of hydrogen-bond donors (Lipinski definition) is 1. The number of benzene rings is 3. The van der Waals surface area contributed by atoms with Crippen molar-refractivity contribution in [2.45, 2.75) is 0 Å². The highest BCUT2D eigenvalue weighted by atomic mass is 14.7. The Bertz CT molecular complexity index is 873. The average molecular weight is 269 g/mol. The first-order chi connectivity index (χ1) is 10.4. The SMILES string of the molecule is C1=Cc2cccc3cccc1c23.c1ccc2[nH]ccc2c1. The van der Waals surface area contributed by atoms with E-state index in [1.54, 1.807) is 0 Å². The van der Waals surface area contributed by atoms with Crippen LogP contribution in [0, 0.1) is 0 Å². The Labute approximate surface area is 123 Å². The topological polar surface area (TPSA) is 15.8 Å². The van der Waals surface area contributed by atoms with Gasteiger partial charge in [-0.25, -0.2) is 0 Å². The molecule has 1 heteroatoms. The third-order valence-corrected chi connectivity index (χ3v) is 3.87. The van der Waals surface area contributed by atoms with Gasteiger partial charge in [-0.1, -0.05) is 66.7 Å². The summed E-state index contributed by atoms with van der Waals surface area (Å²) in [5.74, 6) is 0. The van der Waals surface area contributed by atoms with Gasteiger partial charge in [0.15, 0.2) is 0 Å². The first-order valence-electron chi connectivity index (χ1n) is 7.14. The van der Waals surface area contributed by atoms with E-state index in [0.29, 0.717) is 0 Å². The maximum absolute atomic E-state index is 3.12. The fourth-order valence-electron chi connectivity index (χ4n) is 2.85. The van der Waals surface area contributed by atoms with E-state index < -0.39 is 0 Å². The van der Waals surface area contributed by atoms with Gasteiger partial charge in [-0.2, -0.15) is 0 Å². The number of para-hydroxylation sites is 1. The molecule has 0 aliphatic heterocycles. The van der Waals surface area contributed by atoms with Gasteiger partial charge in [-0.05, 0) is 39.4 Å². The molecular formula is C20H15N. The Balaban J connectivity index is 0.000000115. The molecule has 21 heavy (non-hydrogen) atoms. The van der Waals surface area contributed by atoms with E-state index in [1.807, 2.05) is 18.3 Å². The highest BCUT2D eigenvalue weighted by Crippen LogP contribution is 2.30. The Morgan fingerprint density at radius 2 is 1.24 bits per heavy atom. The van der Waals surface area contributed by atoms with Gasteiger partial charge in [0.1, 0.15) is 0 Å². The molecule has 5 rings (SSSR count). The number of aromatic nitrogens is 1. The number of aromatic amines is 1. The van der Waals surface area contributed by atoms with Crippen LogP contribution in [-0.4, -0.2) is 4.98 Å². The second kappa shape index (κ2) is 4.95. The third-order valence-electron chi connectivity index (χ3n) is 3.87. The van der Waals surface area contributed by atoms with E-state index in [2.05, 4.69) is 71.7 Å². The standard InChI is InChI=1S/C12H8.C8H7N/c1-3-9-4-2-6-11-8-7-10(5-1)12(9)11;1-2-4-8-7(3-1)5-6-9-8/h1-8H;1-6,9H. The molecule has 0 saturated heterocycles. The van der Waals surface area contributed by atoms with Crippen molar-refractivity contribution in [3.63, 3.8) is 0 Å². The van der Waals surface area contributed by atoms with Gasteiger partial charge in [0.25, 0.3) is 0 Å². The molecule has 0 spiro atoms. The minimum atomic E-state index is 1.21. The number of fused-ring (bicyclic) bond motifs is 1. The van der Waals surface area contributed by atoms with Crippen LogP contribution in [0.1, 0.15) is 11.1 Å². The van der Waals surface area contributed by atoms with E-state index in [0.717, 1.165) is 0 Å². The van der Waals surface area contributed by atoms with Crippen molar-refractivity contribution in [2.24, 2.45) is 0 Å². The zero-order chi connectivity index (χ0) is 14.1. The Morgan fingerprint density at radius 3 is 1.95 bits per heavy atom. The molecule has 1 heterocycles. The predicted octanol–water partition coefficient (Wildman–Crippen LogP) is 5.49. The molecule has 1 aromatic heterocycles. The van der Waals surface area contributed by atoms with Crippen LogP contribution in [0.2, 0.25) is 0 Å². The van der Waals surface area contributed by atoms with Crippen molar-refractivity contribution in [1.82, 2.24) is 4.98 Å². The lowest BCUT2D eigenvalue weighted by Gasteiger charge is -1.99. The molecule has 0 unspecified atom stereocenters. The smallest absolute Gasteiger partial charge is 0.0453 e. The Hall–Kier alpha value is -2.80. The van der Waals surface area contributed by atoms with Crippen LogP contribution in [0.5, 0.6) is 0 Å². The van der Waals surface area contributed by atoms with E-state index >= 15 is 0 Å². The number of nitrogens with one attached hydrogen (secondary N) is 1. The van der Waals surface area contributed by atoms with Gasteiger partial charge in [0.2, 0.25) is 0 Å². The van der Waals surface area contributed by atoms with Crippen molar-refractivity contribution in [3.05, 3.63) is 84.1 Å². The molecule has 1 N–H and O–H groups in total. The van der Waals surface area contributed by atoms with E-state index in [9.17, 15) is 0 Å². The van der Waals surface area contributed by atoms with E-state index in [-0.39, 0.29) is 0 Å². The molecule has 0 bridgehead atoms. The van der Waals surface area contributed by atoms with Gasteiger partial charge >= 0.3 is 0 Å². The molecule has 0 saturated carbocycles. The van der Waals surface area contributed by atoms with Crippen LogP contribution in [0.3, 0.4) is 0 Å². The van der Waals surface area contributed by atoms with Crippen molar-refractivity contribution in [3.8, 4) is 0 Å². The van der Waals surface area contributed by atoms with Crippen LogP contribution in [-0.2, 0) is 0 Å². The summed E-state index contributed by atoms with van der Waals surface area (Å²) in [5, 5.41) is 4.02. The third kappa shape index (κ3) is 2.13. The van der Waals surface area contributed by atoms with Crippen LogP contribution in [0.25, 0.3) is 33.8 Å². The van der Waals surface area contributed by atoms with Crippen LogP contribution >= 0.6 is 0 Å². The summed E-state index contributed by atoms with van der Waals surface area (Å²) in [7, 11) is 0. The molecule has 100 valence electrons. The Kier molecular flexibility index (Phi) is 2.82. The molecule has 4 aromatic rings. The van der Waals surface area contributed by atoms with Crippen LogP contribution in [0.4, 0.5) is 0 Å². The summed E-state index contributed by atoms with van der Waals surface area (Å²) >= 11 is 0. The van der Waals surface area contributed by atoms with Gasteiger partial charge < -0.3 is 4.98 Å². The number of rotatable bonds is 0. The highest BCUT2D eigenvalue weighted by Gasteiger charge is 2.06. The van der Waals surface area contributed by atoms with Crippen molar-refractivity contribution in [1.29, 1.82) is 0 Å². The summed E-state index contributed by atoms with van der Waals surface area (Å²) in [6.07, 6.45) is 6.31. The van der Waals surface area contributed by atoms with E-state index in [4.69, 9.17) is 0 Å². The van der Waals surface area contributed by atoms with Crippen molar-refractivity contribution in [2.75, 3.05) is 0 Å². The molecule has 0 radical (unpaired) electrons. The quantitative estimate of drug-likeness (QED) is 0.382. The maximum atomic E-state index is 3.12. The summed E-state index contributed by atoms with van der Waals surface area (Å²) < 4.78 is 0. The molecule has 0 fully saturated rings. The lowest BCUT2D eigenvalue weighted by molar-refractivity contribution is 1.48. The molecule has 1 nitrogen and oxygen atoms in total. The summed E-state index contributed by atoms with van der Waals surface area (Å²) in [4.78, 5) is 3.12. The molecule has 0 amide bonds. The normalized spacial score (nSPS) is 11.6. The molecule has 1 aliphatic carbocycles. The largest absolute Gasteiger partial charge is 0.361 e. The second-order valence-electron chi connectivity index (χ2n) is 5.19. The second-order valence-corrected chi connectivity index (χ2v) is 5.19. The lowest BCUT2D eigenvalue weighted by atomic mass is 10.0. The van der Waals surface area contributed by atoms with E-state index in [1.165, 1.54) is 32.8 Å². The highest BCUT2D eigenvalue weighted by molar-refractivity contribution is 6.04. The summed E-state index contributed by atoms with van der Waals surface area (Å²) in [5.41, 5.74) is 3.91. The number of hydrogen-bond acceptors (Lipinski definition) is 0. The predicted molar refractivity (Wildman–Crippen MR) is 91.2 cm³/mol. The fourth-order valence-corrected chi connectivity index (χ4v) is 2.85. The Morgan fingerprint density at radius 1 is 0.571 bits per heavy atom. The molecule has 3 aromatic carbocycles. The first kappa shape index (κ1) is 12.0. The maximum Gasteiger partial charge on any atom is 0.0453 e. The van der Waals surface area contributed by atoms with Gasteiger partial charge in [-0.3, -0.25) is 0 Å². The van der Waals surface area contributed by atoms with Crippen molar-refractivity contribution < 1.29 is 0 Å². The zero-order valence-corrected chi connectivity index (χ0v) is 11.6. The monoisotopic (exact) mass is 269 g/mol. The zero-order valence-electron chi connectivity index (χ0n) is 11.6. The van der Waals surface area contributed by atoms with Gasteiger partial charge in [0.05, 0.1) is 0 Å². The average Bonchev–Trinajstić information content (AvgIpc) is 3.17. The minimum Gasteiger partial charge on any atom is -0.361 e. The number of H-pyrrole nitrogens is 1. The van der Waals surface area contributed by atoms with Crippen molar-refractivity contribution >= 4 is 33.8 Å². The lowest BCUT2D eigenvalue weighted by Crippen LogP contribution is -1.76. The van der Waals surface area contributed by atoms with Gasteiger partial charge in [0, 0.05) is 11.7 Å².